The van der Waals surface area contributed by atoms with Crippen LogP contribution in [0.3, 0.4) is 0 Å². The number of nitrogens with zero attached hydrogens (tertiary/aromatic N) is 4. The zero-order valence-corrected chi connectivity index (χ0v) is 17.8. The molecule has 2 heterocycles. The van der Waals surface area contributed by atoms with Crippen molar-refractivity contribution in [2.75, 3.05) is 26.7 Å². The molecule has 0 amide bonds. The molecule has 1 aliphatic rings. The highest BCUT2D eigenvalue weighted by atomic mass is 35.5. The summed E-state index contributed by atoms with van der Waals surface area (Å²) in [7, 11) is 1.63. The van der Waals surface area contributed by atoms with E-state index >= 15 is 0 Å². The maximum atomic E-state index is 5.96. The Morgan fingerprint density at radius 2 is 1.90 bits per heavy atom. The van der Waals surface area contributed by atoms with E-state index in [0.717, 1.165) is 43.3 Å². The summed E-state index contributed by atoms with van der Waals surface area (Å²) in [5.41, 5.74) is 1.97. The molecular formula is C21H27ClN6O2. The van der Waals surface area contributed by atoms with Gasteiger partial charge in [0.1, 0.15) is 0 Å². The number of benzene rings is 2. The maximum Gasteiger partial charge on any atom is 0.346 e. The van der Waals surface area contributed by atoms with Crippen LogP contribution in [0.15, 0.2) is 48.5 Å². The lowest BCUT2D eigenvalue weighted by Gasteiger charge is -2.22. The van der Waals surface area contributed by atoms with E-state index < -0.39 is 0 Å². The van der Waals surface area contributed by atoms with E-state index in [1.807, 2.05) is 48.5 Å². The van der Waals surface area contributed by atoms with Crippen LogP contribution in [0.4, 0.5) is 0 Å². The van der Waals surface area contributed by atoms with Crippen LogP contribution in [0.5, 0.6) is 17.5 Å². The molecule has 160 valence electrons. The van der Waals surface area contributed by atoms with Crippen LogP contribution in [-0.4, -0.2) is 47.0 Å². The molecule has 8 nitrogen and oxygen atoms in total. The highest BCUT2D eigenvalue weighted by molar-refractivity contribution is 5.85. The van der Waals surface area contributed by atoms with Gasteiger partial charge in [0.05, 0.1) is 12.8 Å². The van der Waals surface area contributed by atoms with E-state index in [2.05, 4.69) is 26.2 Å². The molecule has 0 radical (unpaired) electrons. The third-order valence-electron chi connectivity index (χ3n) is 5.09. The molecule has 30 heavy (non-hydrogen) atoms. The summed E-state index contributed by atoms with van der Waals surface area (Å²) in [6, 6.07) is 15.8. The van der Waals surface area contributed by atoms with Crippen molar-refractivity contribution in [1.29, 1.82) is 0 Å². The minimum absolute atomic E-state index is 0. The largest absolute Gasteiger partial charge is 0.493 e. The average Bonchev–Trinajstić information content (AvgIpc) is 3.24. The molecule has 2 aromatic carbocycles. The first-order valence-corrected chi connectivity index (χ1v) is 9.93. The van der Waals surface area contributed by atoms with Crippen molar-refractivity contribution < 1.29 is 9.47 Å². The number of ether oxygens (including phenoxy) is 2. The average molecular weight is 431 g/mol. The number of piperidine rings is 1. The normalized spacial score (nSPS) is 14.2. The molecule has 4 rings (SSSR count). The van der Waals surface area contributed by atoms with Gasteiger partial charge in [-0.15, -0.1) is 12.4 Å². The van der Waals surface area contributed by atoms with E-state index in [9.17, 15) is 0 Å². The molecule has 0 unspecified atom stereocenters. The summed E-state index contributed by atoms with van der Waals surface area (Å²) in [6.45, 7) is 4.07. The Kier molecular flexibility index (Phi) is 8.01. The fourth-order valence-corrected chi connectivity index (χ4v) is 3.48. The predicted octanol–water partition coefficient (Wildman–Crippen LogP) is 2.97. The number of nitrogens with one attached hydrogen (secondary N) is 2. The first-order chi connectivity index (χ1) is 14.3. The van der Waals surface area contributed by atoms with Crippen LogP contribution in [0, 0.1) is 5.92 Å². The van der Waals surface area contributed by atoms with Gasteiger partial charge in [-0.1, -0.05) is 29.4 Å². The molecular weight excluding hydrogens is 404 g/mol. The van der Waals surface area contributed by atoms with Gasteiger partial charge in [-0.3, -0.25) is 0 Å². The van der Waals surface area contributed by atoms with Crippen molar-refractivity contribution in [3.8, 4) is 23.2 Å². The Bertz CT molecular complexity index is 915. The Hall–Kier alpha value is -2.68. The molecule has 0 saturated carbocycles. The summed E-state index contributed by atoms with van der Waals surface area (Å²) in [5, 5.41) is 18.7. The molecule has 0 spiro atoms. The van der Waals surface area contributed by atoms with Crippen molar-refractivity contribution >= 4 is 12.4 Å². The fourth-order valence-electron chi connectivity index (χ4n) is 3.48. The van der Waals surface area contributed by atoms with Gasteiger partial charge in [0.2, 0.25) is 0 Å². The summed E-state index contributed by atoms with van der Waals surface area (Å²) >= 11 is 0. The number of hydrogen-bond acceptors (Lipinski definition) is 7. The van der Waals surface area contributed by atoms with Crippen LogP contribution < -0.4 is 20.1 Å². The van der Waals surface area contributed by atoms with Gasteiger partial charge in [-0.25, -0.2) is 0 Å². The van der Waals surface area contributed by atoms with Crippen LogP contribution in [0.2, 0.25) is 0 Å². The second kappa shape index (κ2) is 10.9. The lowest BCUT2D eigenvalue weighted by Crippen LogP contribution is -2.33. The molecule has 1 aliphatic heterocycles. The lowest BCUT2D eigenvalue weighted by atomic mass is 9.98. The number of methoxy groups -OCH3 is 1. The fraction of sp³-hybridized carbons (Fsp3) is 0.381. The Balaban J connectivity index is 0.00000256. The number of para-hydroxylation sites is 1. The van der Waals surface area contributed by atoms with Crippen molar-refractivity contribution in [2.24, 2.45) is 5.92 Å². The van der Waals surface area contributed by atoms with Gasteiger partial charge in [-0.05, 0) is 78.6 Å². The number of tetrazole rings is 1. The number of hydrogen-bond donors (Lipinski definition) is 2. The van der Waals surface area contributed by atoms with Crippen molar-refractivity contribution in [3.05, 3.63) is 54.1 Å². The maximum absolute atomic E-state index is 5.96. The number of halogens is 1. The monoisotopic (exact) mass is 430 g/mol. The van der Waals surface area contributed by atoms with E-state index in [0.29, 0.717) is 11.5 Å². The summed E-state index contributed by atoms with van der Waals surface area (Å²) in [5.74, 6) is 1.97. The molecule has 9 heteroatoms. The van der Waals surface area contributed by atoms with E-state index in [1.165, 1.54) is 12.8 Å². The van der Waals surface area contributed by atoms with Crippen molar-refractivity contribution in [3.63, 3.8) is 0 Å². The van der Waals surface area contributed by atoms with Gasteiger partial charge in [0, 0.05) is 6.54 Å². The molecule has 2 N–H and O–H groups in total. The Morgan fingerprint density at radius 1 is 1.10 bits per heavy atom. The molecule has 0 atom stereocenters. The third kappa shape index (κ3) is 5.47. The minimum atomic E-state index is 0. The molecule has 0 bridgehead atoms. The smallest absolute Gasteiger partial charge is 0.346 e. The van der Waals surface area contributed by atoms with Gasteiger partial charge in [0.25, 0.3) is 0 Å². The van der Waals surface area contributed by atoms with Crippen LogP contribution in [-0.2, 0) is 6.54 Å². The second-order valence-corrected chi connectivity index (χ2v) is 7.12. The third-order valence-corrected chi connectivity index (χ3v) is 5.09. The topological polar surface area (TPSA) is 86.1 Å². The zero-order valence-electron chi connectivity index (χ0n) is 17.0. The zero-order chi connectivity index (χ0) is 19.9. The van der Waals surface area contributed by atoms with E-state index in [-0.39, 0.29) is 18.4 Å². The lowest BCUT2D eigenvalue weighted by molar-refractivity contribution is 0.354. The Labute approximate surface area is 182 Å². The number of aromatic nitrogens is 4. The van der Waals surface area contributed by atoms with Gasteiger partial charge < -0.3 is 20.1 Å². The highest BCUT2D eigenvalue weighted by Crippen LogP contribution is 2.32. The van der Waals surface area contributed by atoms with Crippen LogP contribution in [0.1, 0.15) is 18.4 Å². The summed E-state index contributed by atoms with van der Waals surface area (Å²) in [4.78, 5) is 0. The highest BCUT2D eigenvalue weighted by Gasteiger charge is 2.15. The standard InChI is InChI=1S/C21H26N6O2.ClH/c1-28-20-13-17(15-23-14-16-9-11-22-12-10-16)7-8-19(20)29-21-24-25-26-27(21)18-5-3-2-4-6-18;/h2-8,13,16,22-23H,9-12,14-15H2,1H3;1H. The van der Waals surface area contributed by atoms with Gasteiger partial charge in [0.15, 0.2) is 11.5 Å². The molecule has 3 aromatic rings. The minimum Gasteiger partial charge on any atom is -0.493 e. The quantitative estimate of drug-likeness (QED) is 0.568. The van der Waals surface area contributed by atoms with E-state index in [1.54, 1.807) is 11.8 Å². The van der Waals surface area contributed by atoms with Crippen molar-refractivity contribution in [1.82, 2.24) is 30.8 Å². The predicted molar refractivity (Wildman–Crippen MR) is 117 cm³/mol. The van der Waals surface area contributed by atoms with Gasteiger partial charge in [-0.2, -0.15) is 4.68 Å². The molecule has 0 aliphatic carbocycles. The van der Waals surface area contributed by atoms with Crippen LogP contribution >= 0.6 is 12.4 Å². The number of rotatable bonds is 8. The first kappa shape index (κ1) is 22.0. The SMILES string of the molecule is COc1cc(CNCC2CCNCC2)ccc1Oc1nnnn1-c1ccccc1.Cl. The summed E-state index contributed by atoms with van der Waals surface area (Å²) < 4.78 is 13.0. The Morgan fingerprint density at radius 3 is 2.67 bits per heavy atom. The van der Waals surface area contributed by atoms with Crippen LogP contribution in [0.25, 0.3) is 5.69 Å². The molecule has 1 aromatic heterocycles. The van der Waals surface area contributed by atoms with Gasteiger partial charge >= 0.3 is 6.01 Å². The molecule has 1 saturated heterocycles. The second-order valence-electron chi connectivity index (χ2n) is 7.12. The molecule has 1 fully saturated rings. The van der Waals surface area contributed by atoms with Crippen molar-refractivity contribution in [2.45, 2.75) is 19.4 Å². The first-order valence-electron chi connectivity index (χ1n) is 9.93. The summed E-state index contributed by atoms with van der Waals surface area (Å²) in [6.07, 6.45) is 2.47. The van der Waals surface area contributed by atoms with E-state index in [4.69, 9.17) is 9.47 Å².